The Hall–Kier alpha value is -2.25. The number of halogens is 1. The number of fused-ring (bicyclic) bond motifs is 1. The summed E-state index contributed by atoms with van der Waals surface area (Å²) in [5.41, 5.74) is 4.50. The highest BCUT2D eigenvalue weighted by Gasteiger charge is 2.35. The molecule has 0 amide bonds. The summed E-state index contributed by atoms with van der Waals surface area (Å²) in [6, 6.07) is 6.71. The number of hydrogen-bond acceptors (Lipinski definition) is 5. The Morgan fingerprint density at radius 2 is 1.89 bits per heavy atom. The van der Waals surface area contributed by atoms with Crippen molar-refractivity contribution in [1.82, 2.24) is 25.1 Å². The lowest BCUT2D eigenvalue weighted by atomic mass is 9.74. The van der Waals surface area contributed by atoms with Crippen LogP contribution in [-0.2, 0) is 13.0 Å². The summed E-state index contributed by atoms with van der Waals surface area (Å²) in [5, 5.41) is 9.06. The molecule has 2 aromatic heterocycles. The normalized spacial score (nSPS) is 18.1. The molecule has 1 aromatic carbocycles. The SMILES string of the molecule is CSc1ncc(CNC2CC(C)(C)Cc3c2cnn3-c2ccc(F)cc2)cn1. The van der Waals surface area contributed by atoms with Gasteiger partial charge in [0.2, 0.25) is 0 Å². The summed E-state index contributed by atoms with van der Waals surface area (Å²) in [4.78, 5) is 8.70. The van der Waals surface area contributed by atoms with E-state index in [1.54, 1.807) is 12.1 Å². The molecule has 1 N–H and O–H groups in total. The van der Waals surface area contributed by atoms with Gasteiger partial charge >= 0.3 is 0 Å². The van der Waals surface area contributed by atoms with Crippen LogP contribution in [0.1, 0.15) is 43.1 Å². The lowest BCUT2D eigenvalue weighted by Gasteiger charge is -2.36. The molecule has 5 nitrogen and oxygen atoms in total. The number of aromatic nitrogens is 4. The summed E-state index contributed by atoms with van der Waals surface area (Å²) < 4.78 is 15.3. The third kappa shape index (κ3) is 3.95. The molecule has 3 aromatic rings. The molecule has 0 spiro atoms. The molecule has 2 heterocycles. The first-order valence-electron chi connectivity index (χ1n) is 9.36. The Bertz CT molecular complexity index is 950. The van der Waals surface area contributed by atoms with Crippen molar-refractivity contribution < 1.29 is 4.39 Å². The van der Waals surface area contributed by atoms with Gasteiger partial charge in [-0.3, -0.25) is 0 Å². The molecule has 0 saturated carbocycles. The molecule has 4 rings (SSSR count). The monoisotopic (exact) mass is 397 g/mol. The summed E-state index contributed by atoms with van der Waals surface area (Å²) in [5.74, 6) is -0.237. The van der Waals surface area contributed by atoms with Gasteiger partial charge in [-0.2, -0.15) is 5.10 Å². The molecular weight excluding hydrogens is 373 g/mol. The van der Waals surface area contributed by atoms with Gasteiger partial charge in [-0.25, -0.2) is 19.0 Å². The minimum absolute atomic E-state index is 0.141. The minimum atomic E-state index is -0.237. The van der Waals surface area contributed by atoms with Gasteiger partial charge in [0.05, 0.1) is 11.9 Å². The fourth-order valence-corrected chi connectivity index (χ4v) is 4.13. The van der Waals surface area contributed by atoms with E-state index in [1.165, 1.54) is 35.2 Å². The van der Waals surface area contributed by atoms with E-state index in [9.17, 15) is 4.39 Å². The van der Waals surface area contributed by atoms with Crippen molar-refractivity contribution in [2.45, 2.75) is 44.4 Å². The molecule has 0 bridgehead atoms. The topological polar surface area (TPSA) is 55.6 Å². The highest BCUT2D eigenvalue weighted by Crippen LogP contribution is 2.41. The van der Waals surface area contributed by atoms with Crippen LogP contribution in [-0.4, -0.2) is 26.0 Å². The molecule has 146 valence electrons. The van der Waals surface area contributed by atoms with Crippen LogP contribution in [0.3, 0.4) is 0 Å². The fraction of sp³-hybridized carbons (Fsp3) is 0.381. The standard InChI is InChI=1S/C21H24FN5S/c1-21(2)8-18(23-10-14-11-24-20(28-3)25-12-14)17-13-26-27(19(17)9-21)16-6-4-15(22)5-7-16/h4-7,11-13,18,23H,8-10H2,1-3H3. The quantitative estimate of drug-likeness (QED) is 0.513. The zero-order valence-electron chi connectivity index (χ0n) is 16.3. The zero-order chi connectivity index (χ0) is 19.7. The summed E-state index contributed by atoms with van der Waals surface area (Å²) in [6.07, 6.45) is 9.63. The van der Waals surface area contributed by atoms with Crippen LogP contribution in [0, 0.1) is 11.2 Å². The first kappa shape index (κ1) is 19.1. The summed E-state index contributed by atoms with van der Waals surface area (Å²) in [6.45, 7) is 5.27. The van der Waals surface area contributed by atoms with Crippen LogP contribution < -0.4 is 5.32 Å². The maximum absolute atomic E-state index is 13.3. The van der Waals surface area contributed by atoms with Crippen molar-refractivity contribution >= 4 is 11.8 Å². The smallest absolute Gasteiger partial charge is 0.187 e. The van der Waals surface area contributed by atoms with Crippen LogP contribution in [0.2, 0.25) is 0 Å². The van der Waals surface area contributed by atoms with Crippen molar-refractivity contribution in [2.75, 3.05) is 6.26 Å². The first-order chi connectivity index (χ1) is 13.4. The fourth-order valence-electron chi connectivity index (χ4n) is 3.81. The van der Waals surface area contributed by atoms with Crippen LogP contribution in [0.15, 0.2) is 48.0 Å². The van der Waals surface area contributed by atoms with Gasteiger partial charge in [0.15, 0.2) is 5.16 Å². The van der Waals surface area contributed by atoms with Crippen molar-refractivity contribution in [3.8, 4) is 5.69 Å². The molecule has 0 aliphatic heterocycles. The number of nitrogens with zero attached hydrogens (tertiary/aromatic N) is 4. The minimum Gasteiger partial charge on any atom is -0.306 e. The van der Waals surface area contributed by atoms with Gasteiger partial charge in [-0.1, -0.05) is 25.6 Å². The molecule has 28 heavy (non-hydrogen) atoms. The second-order valence-electron chi connectivity index (χ2n) is 7.99. The van der Waals surface area contributed by atoms with E-state index in [2.05, 4.69) is 34.2 Å². The van der Waals surface area contributed by atoms with Gasteiger partial charge in [0.25, 0.3) is 0 Å². The van der Waals surface area contributed by atoms with Crippen molar-refractivity contribution in [3.63, 3.8) is 0 Å². The predicted octanol–water partition coefficient (Wildman–Crippen LogP) is 4.33. The molecule has 0 fully saturated rings. The van der Waals surface area contributed by atoms with Crippen LogP contribution in [0.5, 0.6) is 0 Å². The van der Waals surface area contributed by atoms with Gasteiger partial charge in [0.1, 0.15) is 5.82 Å². The molecule has 1 atom stereocenters. The van der Waals surface area contributed by atoms with Gasteiger partial charge in [0, 0.05) is 41.8 Å². The maximum Gasteiger partial charge on any atom is 0.187 e. The molecule has 1 aliphatic carbocycles. The molecule has 0 saturated heterocycles. The van der Waals surface area contributed by atoms with Gasteiger partial charge in [-0.05, 0) is 48.8 Å². The molecule has 7 heteroatoms. The number of rotatable bonds is 5. The Kier molecular flexibility index (Phi) is 5.21. The van der Waals surface area contributed by atoms with Crippen LogP contribution in [0.4, 0.5) is 4.39 Å². The maximum atomic E-state index is 13.3. The largest absolute Gasteiger partial charge is 0.306 e. The third-order valence-electron chi connectivity index (χ3n) is 5.17. The number of benzene rings is 1. The molecule has 1 aliphatic rings. The Balaban J connectivity index is 1.59. The number of hydrogen-bond donors (Lipinski definition) is 1. The zero-order valence-corrected chi connectivity index (χ0v) is 17.1. The number of thioether (sulfide) groups is 1. The predicted molar refractivity (Wildman–Crippen MR) is 109 cm³/mol. The van der Waals surface area contributed by atoms with Gasteiger partial charge < -0.3 is 5.32 Å². The summed E-state index contributed by atoms with van der Waals surface area (Å²) in [7, 11) is 0. The molecular formula is C21H24FN5S. The Morgan fingerprint density at radius 3 is 2.57 bits per heavy atom. The lowest BCUT2D eigenvalue weighted by Crippen LogP contribution is -2.33. The van der Waals surface area contributed by atoms with Crippen LogP contribution >= 0.6 is 11.8 Å². The second kappa shape index (κ2) is 7.64. The van der Waals surface area contributed by atoms with E-state index in [4.69, 9.17) is 0 Å². The molecule has 0 radical (unpaired) electrons. The highest BCUT2D eigenvalue weighted by molar-refractivity contribution is 7.98. The Labute approximate surface area is 168 Å². The first-order valence-corrected chi connectivity index (χ1v) is 10.6. The van der Waals surface area contributed by atoms with Crippen molar-refractivity contribution in [3.05, 3.63) is 65.5 Å². The van der Waals surface area contributed by atoms with Crippen molar-refractivity contribution in [1.29, 1.82) is 0 Å². The molecule has 1 unspecified atom stereocenters. The Morgan fingerprint density at radius 1 is 1.18 bits per heavy atom. The van der Waals surface area contributed by atoms with Gasteiger partial charge in [-0.15, -0.1) is 0 Å². The van der Waals surface area contributed by atoms with E-state index in [1.807, 2.05) is 29.5 Å². The third-order valence-corrected chi connectivity index (χ3v) is 5.74. The van der Waals surface area contributed by atoms with E-state index >= 15 is 0 Å². The van der Waals surface area contributed by atoms with E-state index in [0.717, 1.165) is 29.2 Å². The number of nitrogens with one attached hydrogen (secondary N) is 1. The van der Waals surface area contributed by atoms with Crippen LogP contribution in [0.25, 0.3) is 5.69 Å². The summed E-state index contributed by atoms with van der Waals surface area (Å²) >= 11 is 1.54. The highest BCUT2D eigenvalue weighted by atomic mass is 32.2. The lowest BCUT2D eigenvalue weighted by molar-refractivity contribution is 0.252. The average Bonchev–Trinajstić information content (AvgIpc) is 3.09. The average molecular weight is 398 g/mol. The van der Waals surface area contributed by atoms with E-state index < -0.39 is 0 Å². The van der Waals surface area contributed by atoms with Crippen molar-refractivity contribution in [2.24, 2.45) is 5.41 Å². The van der Waals surface area contributed by atoms with E-state index in [-0.39, 0.29) is 17.3 Å². The van der Waals surface area contributed by atoms with E-state index in [0.29, 0.717) is 6.54 Å². The second-order valence-corrected chi connectivity index (χ2v) is 8.76.